The number of nitrogens with one attached hydrogen (secondary N) is 2. The standard InChI is InChI=1S/C19H29N3O.HI/c1-14-5-9-16(10-6-14)18-17(4-3-11-23-18)13-22-19(20-2)21-12-15-7-8-15;/h5-6,9-10,15,17-18H,3-4,7-8,11-13H2,1-2H3,(H2,20,21,22);1H. The van der Waals surface area contributed by atoms with E-state index in [9.17, 15) is 0 Å². The zero-order valence-electron chi connectivity index (χ0n) is 14.8. The quantitative estimate of drug-likeness (QED) is 0.415. The highest BCUT2D eigenvalue weighted by Gasteiger charge is 2.27. The minimum Gasteiger partial charge on any atom is -0.373 e. The second kappa shape index (κ2) is 9.61. The molecule has 1 aliphatic carbocycles. The molecule has 134 valence electrons. The van der Waals surface area contributed by atoms with Gasteiger partial charge in [-0.1, -0.05) is 29.8 Å². The van der Waals surface area contributed by atoms with E-state index in [1.807, 2.05) is 7.05 Å². The molecule has 0 bridgehead atoms. The Bertz CT molecular complexity index is 528. The number of hydrogen-bond acceptors (Lipinski definition) is 2. The summed E-state index contributed by atoms with van der Waals surface area (Å²) >= 11 is 0. The van der Waals surface area contributed by atoms with E-state index in [1.165, 1.54) is 30.4 Å². The number of rotatable bonds is 5. The first-order chi connectivity index (χ1) is 11.3. The highest BCUT2D eigenvalue weighted by Crippen LogP contribution is 2.33. The normalized spacial score (nSPS) is 24.2. The molecule has 1 aromatic carbocycles. The lowest BCUT2D eigenvalue weighted by Gasteiger charge is -2.32. The maximum Gasteiger partial charge on any atom is 0.190 e. The number of aryl methyl sites for hydroxylation is 1. The summed E-state index contributed by atoms with van der Waals surface area (Å²) in [6.07, 6.45) is 5.25. The maximum atomic E-state index is 6.09. The van der Waals surface area contributed by atoms with E-state index in [4.69, 9.17) is 4.74 Å². The summed E-state index contributed by atoms with van der Waals surface area (Å²) in [5, 5.41) is 6.92. The zero-order chi connectivity index (χ0) is 16.1. The minimum atomic E-state index is 0. The van der Waals surface area contributed by atoms with Gasteiger partial charge in [0.05, 0.1) is 6.10 Å². The predicted octanol–water partition coefficient (Wildman–Crippen LogP) is 3.66. The third-order valence-electron chi connectivity index (χ3n) is 4.86. The third kappa shape index (κ3) is 5.62. The van der Waals surface area contributed by atoms with Crippen LogP contribution in [0.3, 0.4) is 0 Å². The fraction of sp³-hybridized carbons (Fsp3) is 0.632. The van der Waals surface area contributed by atoms with Gasteiger partial charge >= 0.3 is 0 Å². The van der Waals surface area contributed by atoms with Gasteiger partial charge in [0.25, 0.3) is 0 Å². The highest BCUT2D eigenvalue weighted by atomic mass is 127. The summed E-state index contributed by atoms with van der Waals surface area (Å²) in [6.45, 7) is 4.94. The molecular weight excluding hydrogens is 413 g/mol. The van der Waals surface area contributed by atoms with Crippen molar-refractivity contribution in [1.82, 2.24) is 10.6 Å². The summed E-state index contributed by atoms with van der Waals surface area (Å²) in [5.41, 5.74) is 2.59. The maximum absolute atomic E-state index is 6.09. The van der Waals surface area contributed by atoms with Crippen LogP contribution in [0.4, 0.5) is 0 Å². The number of guanidine groups is 1. The second-order valence-corrected chi connectivity index (χ2v) is 6.88. The number of ether oxygens (including phenoxy) is 1. The second-order valence-electron chi connectivity index (χ2n) is 6.88. The molecule has 0 amide bonds. The van der Waals surface area contributed by atoms with Crippen LogP contribution >= 0.6 is 24.0 Å². The van der Waals surface area contributed by atoms with E-state index in [0.29, 0.717) is 5.92 Å². The van der Waals surface area contributed by atoms with E-state index < -0.39 is 0 Å². The number of halogens is 1. The topological polar surface area (TPSA) is 45.7 Å². The molecule has 2 fully saturated rings. The number of nitrogens with zero attached hydrogens (tertiary/aromatic N) is 1. The van der Waals surface area contributed by atoms with Crippen molar-refractivity contribution in [3.8, 4) is 0 Å². The first-order valence-corrected chi connectivity index (χ1v) is 8.89. The molecule has 5 heteroatoms. The van der Waals surface area contributed by atoms with Crippen LogP contribution in [-0.4, -0.2) is 32.7 Å². The van der Waals surface area contributed by atoms with E-state index in [2.05, 4.69) is 46.8 Å². The summed E-state index contributed by atoms with van der Waals surface area (Å²) in [5.74, 6) is 2.27. The molecule has 1 saturated heterocycles. The molecule has 2 aliphatic rings. The molecule has 2 atom stereocenters. The molecule has 1 heterocycles. The molecule has 0 aromatic heterocycles. The molecular formula is C19H30IN3O. The van der Waals surface area contributed by atoms with Crippen molar-refractivity contribution in [1.29, 1.82) is 0 Å². The SMILES string of the molecule is CN=C(NCC1CC1)NCC1CCCOC1c1ccc(C)cc1.I. The predicted molar refractivity (Wildman–Crippen MR) is 110 cm³/mol. The van der Waals surface area contributed by atoms with Gasteiger partial charge in [0.1, 0.15) is 0 Å². The van der Waals surface area contributed by atoms with E-state index in [1.54, 1.807) is 0 Å². The molecule has 24 heavy (non-hydrogen) atoms. The molecule has 1 saturated carbocycles. The molecule has 3 rings (SSSR count). The van der Waals surface area contributed by atoms with Crippen LogP contribution in [0, 0.1) is 18.8 Å². The van der Waals surface area contributed by atoms with Crippen molar-refractivity contribution in [2.45, 2.75) is 38.7 Å². The third-order valence-corrected chi connectivity index (χ3v) is 4.86. The average molecular weight is 443 g/mol. The van der Waals surface area contributed by atoms with Gasteiger partial charge in [0, 0.05) is 32.7 Å². The van der Waals surface area contributed by atoms with Crippen LogP contribution in [0.1, 0.15) is 42.9 Å². The fourth-order valence-electron chi connectivity index (χ4n) is 3.19. The Morgan fingerprint density at radius 2 is 1.83 bits per heavy atom. The van der Waals surface area contributed by atoms with Gasteiger partial charge in [-0.3, -0.25) is 4.99 Å². The van der Waals surface area contributed by atoms with Gasteiger partial charge in [-0.2, -0.15) is 0 Å². The highest BCUT2D eigenvalue weighted by molar-refractivity contribution is 14.0. The Balaban J connectivity index is 0.00000208. The van der Waals surface area contributed by atoms with Crippen LogP contribution < -0.4 is 10.6 Å². The Hall–Kier alpha value is -0.820. The van der Waals surface area contributed by atoms with Crippen molar-refractivity contribution >= 4 is 29.9 Å². The number of hydrogen-bond donors (Lipinski definition) is 2. The van der Waals surface area contributed by atoms with Gasteiger partial charge in [-0.05, 0) is 44.1 Å². The zero-order valence-corrected chi connectivity index (χ0v) is 17.1. The molecule has 2 unspecified atom stereocenters. The molecule has 1 aromatic rings. The van der Waals surface area contributed by atoms with Crippen molar-refractivity contribution in [3.05, 3.63) is 35.4 Å². The van der Waals surface area contributed by atoms with Gasteiger partial charge in [0.2, 0.25) is 0 Å². The van der Waals surface area contributed by atoms with Crippen molar-refractivity contribution in [2.75, 3.05) is 26.7 Å². The molecule has 2 N–H and O–H groups in total. The Labute approximate surface area is 162 Å². The van der Waals surface area contributed by atoms with Crippen LogP contribution in [0.15, 0.2) is 29.3 Å². The molecule has 0 radical (unpaired) electrons. The fourth-order valence-corrected chi connectivity index (χ4v) is 3.19. The van der Waals surface area contributed by atoms with Crippen LogP contribution in [0.25, 0.3) is 0 Å². The largest absolute Gasteiger partial charge is 0.373 e. The summed E-state index contributed by atoms with van der Waals surface area (Å²) in [6, 6.07) is 8.76. The van der Waals surface area contributed by atoms with E-state index >= 15 is 0 Å². The summed E-state index contributed by atoms with van der Waals surface area (Å²) in [4.78, 5) is 4.34. The number of benzene rings is 1. The minimum absolute atomic E-state index is 0. The van der Waals surface area contributed by atoms with E-state index in [-0.39, 0.29) is 30.1 Å². The lowest BCUT2D eigenvalue weighted by molar-refractivity contribution is -0.0265. The van der Waals surface area contributed by atoms with Crippen LogP contribution in [0.5, 0.6) is 0 Å². The van der Waals surface area contributed by atoms with Gasteiger partial charge < -0.3 is 15.4 Å². The lowest BCUT2D eigenvalue weighted by Crippen LogP contribution is -2.42. The lowest BCUT2D eigenvalue weighted by atomic mass is 9.89. The summed E-state index contributed by atoms with van der Waals surface area (Å²) in [7, 11) is 1.84. The van der Waals surface area contributed by atoms with Gasteiger partial charge in [0.15, 0.2) is 5.96 Å². The molecule has 0 spiro atoms. The van der Waals surface area contributed by atoms with Crippen LogP contribution in [-0.2, 0) is 4.74 Å². The Kier molecular flexibility index (Phi) is 7.81. The molecule has 4 nitrogen and oxygen atoms in total. The van der Waals surface area contributed by atoms with Crippen LogP contribution in [0.2, 0.25) is 0 Å². The average Bonchev–Trinajstić information content (AvgIpc) is 3.40. The van der Waals surface area contributed by atoms with Gasteiger partial charge in [-0.25, -0.2) is 0 Å². The van der Waals surface area contributed by atoms with Crippen molar-refractivity contribution in [3.63, 3.8) is 0 Å². The van der Waals surface area contributed by atoms with E-state index in [0.717, 1.165) is 38.0 Å². The first kappa shape index (κ1) is 19.5. The number of aliphatic imine (C=N–C) groups is 1. The van der Waals surface area contributed by atoms with Gasteiger partial charge in [-0.15, -0.1) is 24.0 Å². The molecule has 1 aliphatic heterocycles. The summed E-state index contributed by atoms with van der Waals surface area (Å²) < 4.78 is 6.09. The first-order valence-electron chi connectivity index (χ1n) is 8.89. The smallest absolute Gasteiger partial charge is 0.190 e. The Morgan fingerprint density at radius 1 is 1.12 bits per heavy atom. The monoisotopic (exact) mass is 443 g/mol. The van der Waals surface area contributed by atoms with Crippen molar-refractivity contribution in [2.24, 2.45) is 16.8 Å². The Morgan fingerprint density at radius 3 is 2.50 bits per heavy atom. The van der Waals surface area contributed by atoms with Crippen molar-refractivity contribution < 1.29 is 4.74 Å².